The first-order valence-corrected chi connectivity index (χ1v) is 9.59. The average molecular weight is 431 g/mol. The number of benzene rings is 1. The number of carbonyl (C=O) groups excluding carboxylic acids is 1. The van der Waals surface area contributed by atoms with Gasteiger partial charge in [0, 0.05) is 44.1 Å². The summed E-state index contributed by atoms with van der Waals surface area (Å²) in [6.07, 6.45) is -2.01. The van der Waals surface area contributed by atoms with Crippen molar-refractivity contribution in [3.05, 3.63) is 87.4 Å². The number of hydrogen-bond acceptors (Lipinski definition) is 5. The molecule has 10 heteroatoms. The Hall–Kier alpha value is -3.56. The lowest BCUT2D eigenvalue weighted by atomic mass is 10.1. The normalized spacial score (nSPS) is 11.3. The van der Waals surface area contributed by atoms with Gasteiger partial charge in [-0.05, 0) is 23.8 Å². The van der Waals surface area contributed by atoms with Crippen molar-refractivity contribution >= 4 is 5.91 Å². The van der Waals surface area contributed by atoms with E-state index < -0.39 is 17.3 Å². The third-order valence-electron chi connectivity index (χ3n) is 4.46. The second kappa shape index (κ2) is 9.96. The Morgan fingerprint density at radius 3 is 2.61 bits per heavy atom. The molecule has 1 amide bonds. The molecule has 0 fully saturated rings. The van der Waals surface area contributed by atoms with Gasteiger partial charge in [0.2, 0.25) is 5.91 Å². The number of carbonyl (C=O) groups is 1. The van der Waals surface area contributed by atoms with E-state index in [0.29, 0.717) is 18.5 Å². The molecule has 2 aromatic heterocycles. The van der Waals surface area contributed by atoms with Gasteiger partial charge >= 0.3 is 6.18 Å². The fourth-order valence-corrected chi connectivity index (χ4v) is 2.88. The highest BCUT2D eigenvalue weighted by atomic mass is 19.4. The molecule has 3 aromatic rings. The van der Waals surface area contributed by atoms with Gasteiger partial charge in [-0.15, -0.1) is 10.2 Å². The number of halogens is 3. The first-order valence-electron chi connectivity index (χ1n) is 9.59. The molecule has 3 rings (SSSR count). The molecule has 0 atom stereocenters. The van der Waals surface area contributed by atoms with Crippen molar-refractivity contribution in [3.63, 3.8) is 0 Å². The van der Waals surface area contributed by atoms with Crippen LogP contribution in [-0.2, 0) is 30.2 Å². The number of hydrogen-bond donors (Lipinski definition) is 2. The zero-order valence-corrected chi connectivity index (χ0v) is 16.4. The number of amides is 1. The van der Waals surface area contributed by atoms with E-state index in [4.69, 9.17) is 0 Å². The largest absolute Gasteiger partial charge is 0.416 e. The molecule has 31 heavy (non-hydrogen) atoms. The van der Waals surface area contributed by atoms with Gasteiger partial charge in [-0.3, -0.25) is 14.6 Å². The molecule has 0 radical (unpaired) electrons. The van der Waals surface area contributed by atoms with E-state index in [0.717, 1.165) is 17.8 Å². The zero-order chi connectivity index (χ0) is 22.3. The van der Waals surface area contributed by atoms with Crippen LogP contribution in [0.3, 0.4) is 0 Å². The number of alkyl halides is 3. The summed E-state index contributed by atoms with van der Waals surface area (Å²) in [5.74, 6) is -0.0851. The van der Waals surface area contributed by atoms with Crippen molar-refractivity contribution in [2.75, 3.05) is 6.54 Å². The maximum Gasteiger partial charge on any atom is 0.416 e. The van der Waals surface area contributed by atoms with Crippen molar-refractivity contribution < 1.29 is 18.0 Å². The number of aromatic nitrogens is 4. The highest BCUT2D eigenvalue weighted by Crippen LogP contribution is 2.29. The first kappa shape index (κ1) is 22.1. The molecule has 1 aromatic carbocycles. The van der Waals surface area contributed by atoms with E-state index in [1.807, 2.05) is 18.2 Å². The number of pyridine rings is 1. The lowest BCUT2D eigenvalue weighted by Gasteiger charge is -2.08. The van der Waals surface area contributed by atoms with Crippen LogP contribution in [0.1, 0.15) is 34.8 Å². The van der Waals surface area contributed by atoms with Crippen LogP contribution in [0.15, 0.2) is 53.5 Å². The molecule has 2 N–H and O–H groups in total. The van der Waals surface area contributed by atoms with Crippen molar-refractivity contribution in [2.24, 2.45) is 0 Å². The Bertz CT molecular complexity index is 1080. The van der Waals surface area contributed by atoms with Crippen molar-refractivity contribution in [1.82, 2.24) is 25.5 Å². The molecule has 0 saturated carbocycles. The quantitative estimate of drug-likeness (QED) is 0.571. The molecule has 0 spiro atoms. The lowest BCUT2D eigenvalue weighted by Crippen LogP contribution is -2.27. The number of rotatable bonds is 8. The van der Waals surface area contributed by atoms with Crippen LogP contribution < -0.4 is 10.9 Å². The van der Waals surface area contributed by atoms with Crippen LogP contribution in [0.2, 0.25) is 0 Å². The maximum absolute atomic E-state index is 12.8. The number of nitrogens with one attached hydrogen (secondary N) is 2. The second-order valence-corrected chi connectivity index (χ2v) is 6.84. The minimum Gasteiger partial charge on any atom is -0.356 e. The van der Waals surface area contributed by atoms with Crippen LogP contribution in [0.5, 0.6) is 0 Å². The minimum absolute atomic E-state index is 0.000444. The Labute approximate surface area is 175 Å². The SMILES string of the molecule is O=C(CCc1nnc(Cc2cccc(C(F)(F)F)c2)[nH]c1=O)NCCc1ccccn1. The Balaban J connectivity index is 1.51. The van der Waals surface area contributed by atoms with E-state index in [-0.39, 0.29) is 36.7 Å². The molecular weight excluding hydrogens is 411 g/mol. The summed E-state index contributed by atoms with van der Waals surface area (Å²) in [7, 11) is 0. The van der Waals surface area contributed by atoms with Crippen LogP contribution in [0.4, 0.5) is 13.2 Å². The summed E-state index contributed by atoms with van der Waals surface area (Å²) in [5, 5.41) is 10.5. The Morgan fingerprint density at radius 2 is 1.90 bits per heavy atom. The van der Waals surface area contributed by atoms with Gasteiger partial charge in [-0.25, -0.2) is 0 Å². The summed E-state index contributed by atoms with van der Waals surface area (Å²) < 4.78 is 38.4. The predicted octanol–water partition coefficient (Wildman–Crippen LogP) is 2.46. The fourth-order valence-electron chi connectivity index (χ4n) is 2.88. The lowest BCUT2D eigenvalue weighted by molar-refractivity contribution is -0.137. The summed E-state index contributed by atoms with van der Waals surface area (Å²) in [6.45, 7) is 0.424. The Kier molecular flexibility index (Phi) is 7.11. The smallest absolute Gasteiger partial charge is 0.356 e. The molecule has 0 bridgehead atoms. The van der Waals surface area contributed by atoms with Crippen molar-refractivity contribution in [1.29, 1.82) is 0 Å². The van der Waals surface area contributed by atoms with Gasteiger partial charge in [-0.2, -0.15) is 13.2 Å². The third-order valence-corrected chi connectivity index (χ3v) is 4.46. The van der Waals surface area contributed by atoms with Crippen LogP contribution in [0.25, 0.3) is 0 Å². The van der Waals surface area contributed by atoms with E-state index in [1.165, 1.54) is 12.1 Å². The molecule has 0 saturated heterocycles. The number of aromatic amines is 1. The molecule has 0 aliphatic rings. The maximum atomic E-state index is 12.8. The van der Waals surface area contributed by atoms with Gasteiger partial charge in [-0.1, -0.05) is 24.3 Å². The molecule has 7 nitrogen and oxygen atoms in total. The predicted molar refractivity (Wildman–Crippen MR) is 106 cm³/mol. The number of aryl methyl sites for hydroxylation is 1. The van der Waals surface area contributed by atoms with Crippen molar-refractivity contribution in [2.45, 2.75) is 31.9 Å². The highest BCUT2D eigenvalue weighted by Gasteiger charge is 2.30. The van der Waals surface area contributed by atoms with Gasteiger partial charge in [0.1, 0.15) is 11.5 Å². The highest BCUT2D eigenvalue weighted by molar-refractivity contribution is 5.76. The second-order valence-electron chi connectivity index (χ2n) is 6.84. The first-order chi connectivity index (χ1) is 14.8. The van der Waals surface area contributed by atoms with E-state index in [9.17, 15) is 22.8 Å². The van der Waals surface area contributed by atoms with Crippen LogP contribution in [-0.4, -0.2) is 32.6 Å². The molecule has 0 aliphatic carbocycles. The van der Waals surface area contributed by atoms with E-state index in [2.05, 4.69) is 25.5 Å². The minimum atomic E-state index is -4.45. The number of H-pyrrole nitrogens is 1. The molecule has 162 valence electrons. The van der Waals surface area contributed by atoms with E-state index in [1.54, 1.807) is 6.20 Å². The fraction of sp³-hybridized carbons (Fsp3) is 0.286. The van der Waals surface area contributed by atoms with Crippen LogP contribution >= 0.6 is 0 Å². The van der Waals surface area contributed by atoms with Gasteiger partial charge in [0.05, 0.1) is 5.56 Å². The number of nitrogens with zero attached hydrogens (tertiary/aromatic N) is 3. The Morgan fingerprint density at radius 1 is 1.06 bits per heavy atom. The summed E-state index contributed by atoms with van der Waals surface area (Å²) in [5.41, 5.74) is 0.0122. The summed E-state index contributed by atoms with van der Waals surface area (Å²) in [6, 6.07) is 10.3. The molecule has 0 unspecified atom stereocenters. The van der Waals surface area contributed by atoms with Gasteiger partial charge in [0.15, 0.2) is 0 Å². The molecule has 0 aliphatic heterocycles. The van der Waals surface area contributed by atoms with Crippen molar-refractivity contribution in [3.8, 4) is 0 Å². The van der Waals surface area contributed by atoms with E-state index >= 15 is 0 Å². The summed E-state index contributed by atoms with van der Waals surface area (Å²) in [4.78, 5) is 30.8. The van der Waals surface area contributed by atoms with Gasteiger partial charge in [0.25, 0.3) is 5.56 Å². The summed E-state index contributed by atoms with van der Waals surface area (Å²) >= 11 is 0. The molecule has 2 heterocycles. The van der Waals surface area contributed by atoms with Gasteiger partial charge < -0.3 is 10.3 Å². The third kappa shape index (κ3) is 6.73. The standard InChI is InChI=1S/C21H20F3N5O2/c22-21(23,24)15-5-3-4-14(12-15)13-18-27-20(31)17(28-29-18)7-8-19(30)26-11-9-16-6-1-2-10-25-16/h1-6,10,12H,7-9,11,13H2,(H,26,30)(H,27,29,31). The average Bonchev–Trinajstić information content (AvgIpc) is 2.73. The molecular formula is C21H20F3N5O2. The monoisotopic (exact) mass is 431 g/mol. The zero-order valence-electron chi connectivity index (χ0n) is 16.4. The topological polar surface area (TPSA) is 101 Å². The van der Waals surface area contributed by atoms with Crippen LogP contribution in [0, 0.1) is 0 Å².